The fourth-order valence-corrected chi connectivity index (χ4v) is 3.62. The number of alkyl halides is 3. The third kappa shape index (κ3) is 4.59. The molecule has 0 bridgehead atoms. The van der Waals surface area contributed by atoms with Crippen molar-refractivity contribution < 1.29 is 17.7 Å². The fourth-order valence-electron chi connectivity index (χ4n) is 3.62. The normalized spacial score (nSPS) is 11.9. The van der Waals surface area contributed by atoms with Crippen LogP contribution in [-0.2, 0) is 19.3 Å². The number of para-hydroxylation sites is 1. The van der Waals surface area contributed by atoms with Crippen molar-refractivity contribution in [1.82, 2.24) is 19.3 Å². The van der Waals surface area contributed by atoms with E-state index in [0.29, 0.717) is 29.4 Å². The van der Waals surface area contributed by atoms with Crippen LogP contribution in [0.15, 0.2) is 62.6 Å². The van der Waals surface area contributed by atoms with E-state index < -0.39 is 17.4 Å². The van der Waals surface area contributed by atoms with E-state index in [4.69, 9.17) is 4.52 Å². The first-order chi connectivity index (χ1) is 15.8. The Morgan fingerprint density at radius 3 is 2.39 bits per heavy atom. The van der Waals surface area contributed by atoms with E-state index in [0.717, 1.165) is 25.0 Å². The van der Waals surface area contributed by atoms with E-state index in [2.05, 4.69) is 10.1 Å². The molecular formula is C23H21F3N4O3. The highest BCUT2D eigenvalue weighted by Crippen LogP contribution is 2.30. The maximum atomic E-state index is 13.1. The van der Waals surface area contributed by atoms with Crippen molar-refractivity contribution in [2.45, 2.75) is 45.5 Å². The summed E-state index contributed by atoms with van der Waals surface area (Å²) in [6, 6.07) is 11.2. The first kappa shape index (κ1) is 22.5. The van der Waals surface area contributed by atoms with Gasteiger partial charge >= 0.3 is 11.9 Å². The highest BCUT2D eigenvalue weighted by atomic mass is 19.4. The Morgan fingerprint density at radius 2 is 1.70 bits per heavy atom. The highest BCUT2D eigenvalue weighted by molar-refractivity contribution is 5.77. The topological polar surface area (TPSA) is 82.9 Å². The van der Waals surface area contributed by atoms with Crippen molar-refractivity contribution in [1.29, 1.82) is 0 Å². The fraction of sp³-hybridized carbons (Fsp3) is 0.304. The van der Waals surface area contributed by atoms with Gasteiger partial charge in [0, 0.05) is 12.1 Å². The molecule has 4 aromatic rings. The van der Waals surface area contributed by atoms with Crippen molar-refractivity contribution >= 4 is 10.9 Å². The van der Waals surface area contributed by atoms with E-state index in [1.54, 1.807) is 24.3 Å². The van der Waals surface area contributed by atoms with Gasteiger partial charge in [-0.2, -0.15) is 18.2 Å². The average molecular weight is 458 g/mol. The lowest BCUT2D eigenvalue weighted by atomic mass is 10.1. The molecule has 0 fully saturated rings. The molecule has 0 N–H and O–H groups in total. The van der Waals surface area contributed by atoms with E-state index >= 15 is 0 Å². The summed E-state index contributed by atoms with van der Waals surface area (Å²) in [6.07, 6.45) is -1.91. The minimum absolute atomic E-state index is 0.0823. The molecule has 0 spiro atoms. The smallest absolute Gasteiger partial charge is 0.337 e. The van der Waals surface area contributed by atoms with Gasteiger partial charge in [-0.1, -0.05) is 49.2 Å². The van der Waals surface area contributed by atoms with Gasteiger partial charge in [-0.15, -0.1) is 0 Å². The second-order valence-electron chi connectivity index (χ2n) is 7.64. The van der Waals surface area contributed by atoms with Crippen LogP contribution in [0.25, 0.3) is 22.3 Å². The van der Waals surface area contributed by atoms with Gasteiger partial charge in [0.05, 0.1) is 16.5 Å². The lowest BCUT2D eigenvalue weighted by Gasteiger charge is -2.12. The molecule has 33 heavy (non-hydrogen) atoms. The summed E-state index contributed by atoms with van der Waals surface area (Å²) >= 11 is 0. The van der Waals surface area contributed by atoms with Crippen LogP contribution in [-0.4, -0.2) is 19.3 Å². The lowest BCUT2D eigenvalue weighted by molar-refractivity contribution is -0.137. The maximum absolute atomic E-state index is 13.1. The van der Waals surface area contributed by atoms with Gasteiger partial charge in [0.25, 0.3) is 5.56 Å². The molecule has 4 rings (SSSR count). The zero-order chi connectivity index (χ0) is 23.6. The van der Waals surface area contributed by atoms with Crippen LogP contribution in [0.2, 0.25) is 0 Å². The molecule has 0 aliphatic rings. The Hall–Kier alpha value is -3.69. The quantitative estimate of drug-likeness (QED) is 0.382. The van der Waals surface area contributed by atoms with Crippen molar-refractivity contribution in [2.24, 2.45) is 0 Å². The molecular weight excluding hydrogens is 437 g/mol. The summed E-state index contributed by atoms with van der Waals surface area (Å²) in [6.45, 7) is 2.25. The molecule has 2 aromatic carbocycles. The molecule has 2 heterocycles. The Kier molecular flexibility index (Phi) is 6.17. The third-order valence-corrected chi connectivity index (χ3v) is 5.35. The zero-order valence-electron chi connectivity index (χ0n) is 17.8. The van der Waals surface area contributed by atoms with Crippen LogP contribution in [0, 0.1) is 0 Å². The standard InChI is InChI=1S/C23H21F3N4O3/c1-2-3-6-13-29-21(31)17-7-4-5-8-18(17)30(22(29)32)14-19-27-20(28-33-19)15-9-11-16(12-10-15)23(24,25)26/h4-5,7-12H,2-3,6,13-14H2,1H3. The molecule has 2 aromatic heterocycles. The molecule has 172 valence electrons. The molecule has 0 aliphatic heterocycles. The summed E-state index contributed by atoms with van der Waals surface area (Å²) in [5.41, 5.74) is -0.824. The molecule has 0 atom stereocenters. The Morgan fingerprint density at radius 1 is 0.970 bits per heavy atom. The first-order valence-electron chi connectivity index (χ1n) is 10.5. The largest absolute Gasteiger partial charge is 0.416 e. The number of aromatic nitrogens is 4. The van der Waals surface area contributed by atoms with Gasteiger partial charge < -0.3 is 4.52 Å². The van der Waals surface area contributed by atoms with Crippen LogP contribution in [0.5, 0.6) is 0 Å². The number of hydrogen-bond acceptors (Lipinski definition) is 5. The number of hydrogen-bond donors (Lipinski definition) is 0. The van der Waals surface area contributed by atoms with E-state index in [1.165, 1.54) is 21.3 Å². The molecule has 0 radical (unpaired) electrons. The van der Waals surface area contributed by atoms with Crippen LogP contribution in [0.4, 0.5) is 13.2 Å². The molecule has 10 heteroatoms. The van der Waals surface area contributed by atoms with E-state index in [-0.39, 0.29) is 23.8 Å². The van der Waals surface area contributed by atoms with Gasteiger partial charge in [0.2, 0.25) is 11.7 Å². The van der Waals surface area contributed by atoms with Crippen LogP contribution >= 0.6 is 0 Å². The Bertz CT molecular complexity index is 1390. The number of fused-ring (bicyclic) bond motifs is 1. The van der Waals surface area contributed by atoms with Gasteiger partial charge in [0.15, 0.2) is 0 Å². The first-order valence-corrected chi connectivity index (χ1v) is 10.5. The number of unbranched alkanes of at least 4 members (excludes halogenated alkanes) is 2. The molecule has 0 amide bonds. The number of rotatable bonds is 7. The monoisotopic (exact) mass is 458 g/mol. The summed E-state index contributed by atoms with van der Waals surface area (Å²) in [5, 5.41) is 4.23. The van der Waals surface area contributed by atoms with E-state index in [1.807, 2.05) is 6.92 Å². The van der Waals surface area contributed by atoms with Crippen LogP contribution < -0.4 is 11.2 Å². The molecule has 0 saturated carbocycles. The molecule has 0 aliphatic carbocycles. The predicted octanol–water partition coefficient (Wildman–Crippen LogP) is 4.47. The summed E-state index contributed by atoms with van der Waals surface area (Å²) in [7, 11) is 0. The average Bonchev–Trinajstić information content (AvgIpc) is 3.27. The number of benzene rings is 2. The summed E-state index contributed by atoms with van der Waals surface area (Å²) in [5.74, 6) is 0.197. The Balaban J connectivity index is 1.69. The van der Waals surface area contributed by atoms with Crippen molar-refractivity contribution in [3.8, 4) is 11.4 Å². The van der Waals surface area contributed by atoms with Crippen molar-refractivity contribution in [3.05, 3.63) is 80.8 Å². The molecule has 0 saturated heterocycles. The van der Waals surface area contributed by atoms with E-state index in [9.17, 15) is 22.8 Å². The minimum Gasteiger partial charge on any atom is -0.337 e. The number of halogens is 3. The van der Waals surface area contributed by atoms with Gasteiger partial charge in [0.1, 0.15) is 6.54 Å². The van der Waals surface area contributed by atoms with Gasteiger partial charge in [-0.25, -0.2) is 4.79 Å². The maximum Gasteiger partial charge on any atom is 0.416 e. The van der Waals surface area contributed by atoms with Gasteiger partial charge in [-0.3, -0.25) is 13.9 Å². The van der Waals surface area contributed by atoms with Crippen molar-refractivity contribution in [2.75, 3.05) is 0 Å². The van der Waals surface area contributed by atoms with Crippen LogP contribution in [0.1, 0.15) is 37.6 Å². The summed E-state index contributed by atoms with van der Waals surface area (Å²) < 4.78 is 46.2. The summed E-state index contributed by atoms with van der Waals surface area (Å²) in [4.78, 5) is 30.2. The molecule has 0 unspecified atom stereocenters. The number of nitrogens with zero attached hydrogens (tertiary/aromatic N) is 4. The third-order valence-electron chi connectivity index (χ3n) is 5.35. The second-order valence-corrected chi connectivity index (χ2v) is 7.64. The SMILES string of the molecule is CCCCCn1c(=O)c2ccccc2n(Cc2nc(-c3ccc(C(F)(F)F)cc3)no2)c1=O. The van der Waals surface area contributed by atoms with Crippen molar-refractivity contribution in [3.63, 3.8) is 0 Å². The predicted molar refractivity (Wildman–Crippen MR) is 116 cm³/mol. The van der Waals surface area contributed by atoms with Crippen LogP contribution in [0.3, 0.4) is 0 Å². The Labute approximate surface area is 186 Å². The second kappa shape index (κ2) is 9.05. The molecule has 7 nitrogen and oxygen atoms in total. The minimum atomic E-state index is -4.44. The highest BCUT2D eigenvalue weighted by Gasteiger charge is 2.30. The van der Waals surface area contributed by atoms with Gasteiger partial charge in [-0.05, 0) is 30.7 Å². The zero-order valence-corrected chi connectivity index (χ0v) is 17.8. The lowest BCUT2D eigenvalue weighted by Crippen LogP contribution is -2.40.